The van der Waals surface area contributed by atoms with Crippen LogP contribution in [0.5, 0.6) is 0 Å². The molecule has 0 bridgehead atoms. The van der Waals surface area contributed by atoms with E-state index in [1.165, 1.54) is 33.4 Å². The second-order valence-electron chi connectivity index (χ2n) is 6.64. The third kappa shape index (κ3) is 3.60. The minimum atomic E-state index is 1.12. The summed E-state index contributed by atoms with van der Waals surface area (Å²) < 4.78 is 0. The van der Waals surface area contributed by atoms with E-state index in [1.54, 1.807) is 0 Å². The second-order valence-corrected chi connectivity index (χ2v) is 6.64. The number of anilines is 1. The van der Waals surface area contributed by atoms with Crippen LogP contribution in [0.4, 0.5) is 5.69 Å². The molecule has 0 saturated carbocycles. The van der Waals surface area contributed by atoms with Crippen molar-refractivity contribution in [3.63, 3.8) is 0 Å². The van der Waals surface area contributed by atoms with Crippen LogP contribution in [0.1, 0.15) is 22.3 Å². The average molecular weight is 361 g/mol. The van der Waals surface area contributed by atoms with Gasteiger partial charge in [0.25, 0.3) is 0 Å². The maximum atomic E-state index is 3.37. The smallest absolute Gasteiger partial charge is 0.0417 e. The van der Waals surface area contributed by atoms with Gasteiger partial charge in [-0.2, -0.15) is 0 Å². The zero-order chi connectivity index (χ0) is 19.2. The van der Waals surface area contributed by atoms with Crippen molar-refractivity contribution in [3.8, 4) is 0 Å². The van der Waals surface area contributed by atoms with Crippen molar-refractivity contribution in [2.75, 3.05) is 12.4 Å². The van der Waals surface area contributed by atoms with Crippen LogP contribution in [0.15, 0.2) is 115 Å². The Balaban J connectivity index is 2.13. The number of rotatable bonds is 5. The quantitative estimate of drug-likeness (QED) is 0.388. The topological polar surface area (TPSA) is 12.0 Å². The molecule has 4 aromatic carbocycles. The molecule has 4 aromatic rings. The van der Waals surface area contributed by atoms with Crippen LogP contribution in [0.2, 0.25) is 0 Å². The molecule has 4 rings (SSSR count). The van der Waals surface area contributed by atoms with Gasteiger partial charge in [0.05, 0.1) is 0 Å². The van der Waals surface area contributed by atoms with Gasteiger partial charge in [-0.1, -0.05) is 109 Å². The Bertz CT molecular complexity index is 1020. The fourth-order valence-electron chi connectivity index (χ4n) is 3.62. The molecule has 28 heavy (non-hydrogen) atoms. The Labute approximate surface area is 167 Å². The summed E-state index contributed by atoms with van der Waals surface area (Å²) in [5.41, 5.74) is 8.38. The lowest BCUT2D eigenvalue weighted by Gasteiger charge is -2.20. The van der Waals surface area contributed by atoms with Crippen LogP contribution in [-0.4, -0.2) is 7.05 Å². The third-order valence-corrected chi connectivity index (χ3v) is 4.90. The molecule has 0 heterocycles. The number of benzene rings is 4. The SMILES string of the molecule is CNc1ccccc1C(=C(c1ccccc1)c1ccccc1)c1ccccc1. The molecular weight excluding hydrogens is 338 g/mol. The predicted molar refractivity (Wildman–Crippen MR) is 120 cm³/mol. The summed E-state index contributed by atoms with van der Waals surface area (Å²) >= 11 is 0. The van der Waals surface area contributed by atoms with Gasteiger partial charge in [-0.15, -0.1) is 0 Å². The van der Waals surface area contributed by atoms with Gasteiger partial charge in [-0.25, -0.2) is 0 Å². The average Bonchev–Trinajstić information content (AvgIpc) is 2.79. The van der Waals surface area contributed by atoms with Crippen molar-refractivity contribution in [3.05, 3.63) is 138 Å². The summed E-state index contributed by atoms with van der Waals surface area (Å²) in [7, 11) is 1.98. The predicted octanol–water partition coefficient (Wildman–Crippen LogP) is 6.74. The van der Waals surface area contributed by atoms with Crippen molar-refractivity contribution >= 4 is 16.8 Å². The molecule has 136 valence electrons. The molecule has 0 aliphatic carbocycles. The standard InChI is InChI=1S/C27H23N/c1-28-25-20-12-11-19-24(25)27(23-17-9-4-10-18-23)26(21-13-5-2-6-14-21)22-15-7-3-8-16-22/h2-20,28H,1H3. The molecule has 0 aliphatic heterocycles. The van der Waals surface area contributed by atoms with E-state index in [9.17, 15) is 0 Å². The summed E-state index contributed by atoms with van der Waals surface area (Å²) in [6.07, 6.45) is 0. The lowest BCUT2D eigenvalue weighted by atomic mass is 9.85. The molecule has 0 amide bonds. The van der Waals surface area contributed by atoms with Gasteiger partial charge in [0, 0.05) is 18.3 Å². The Morgan fingerprint density at radius 1 is 0.464 bits per heavy atom. The molecule has 0 radical (unpaired) electrons. The van der Waals surface area contributed by atoms with Gasteiger partial charge in [0.15, 0.2) is 0 Å². The molecule has 1 heteroatoms. The largest absolute Gasteiger partial charge is 0.388 e. The molecule has 0 saturated heterocycles. The molecule has 1 N–H and O–H groups in total. The van der Waals surface area contributed by atoms with Crippen LogP contribution < -0.4 is 5.32 Å². The first-order chi connectivity index (χ1) is 13.9. The van der Waals surface area contributed by atoms with Gasteiger partial charge < -0.3 is 5.32 Å². The van der Waals surface area contributed by atoms with E-state index in [0.29, 0.717) is 0 Å². The van der Waals surface area contributed by atoms with Gasteiger partial charge >= 0.3 is 0 Å². The first-order valence-corrected chi connectivity index (χ1v) is 9.56. The highest BCUT2D eigenvalue weighted by atomic mass is 14.8. The molecule has 0 fully saturated rings. The van der Waals surface area contributed by atoms with Crippen LogP contribution in [0.3, 0.4) is 0 Å². The van der Waals surface area contributed by atoms with E-state index in [4.69, 9.17) is 0 Å². The minimum Gasteiger partial charge on any atom is -0.388 e. The lowest BCUT2D eigenvalue weighted by molar-refractivity contribution is 1.45. The molecular formula is C27H23N. The number of nitrogens with one attached hydrogen (secondary N) is 1. The maximum absolute atomic E-state index is 3.37. The number of para-hydroxylation sites is 1. The van der Waals surface area contributed by atoms with E-state index in [-0.39, 0.29) is 0 Å². The Morgan fingerprint density at radius 3 is 1.32 bits per heavy atom. The lowest BCUT2D eigenvalue weighted by Crippen LogP contribution is -2.01. The van der Waals surface area contributed by atoms with E-state index >= 15 is 0 Å². The zero-order valence-corrected chi connectivity index (χ0v) is 16.0. The maximum Gasteiger partial charge on any atom is 0.0417 e. The van der Waals surface area contributed by atoms with Crippen LogP contribution in [-0.2, 0) is 0 Å². The normalized spacial score (nSPS) is 10.3. The Kier molecular flexibility index (Phi) is 5.35. The molecule has 0 spiro atoms. The number of hydrogen-bond donors (Lipinski definition) is 1. The first-order valence-electron chi connectivity index (χ1n) is 9.56. The summed E-state index contributed by atoms with van der Waals surface area (Å²) in [5, 5.41) is 3.37. The van der Waals surface area contributed by atoms with Crippen LogP contribution in [0.25, 0.3) is 11.1 Å². The fraction of sp³-hybridized carbons (Fsp3) is 0.0370. The van der Waals surface area contributed by atoms with Gasteiger partial charge in [-0.05, 0) is 33.9 Å². The van der Waals surface area contributed by atoms with E-state index in [0.717, 1.165) is 5.69 Å². The summed E-state index contributed by atoms with van der Waals surface area (Å²) in [5.74, 6) is 0. The van der Waals surface area contributed by atoms with E-state index in [2.05, 4.69) is 121 Å². The second kappa shape index (κ2) is 8.41. The van der Waals surface area contributed by atoms with E-state index in [1.807, 2.05) is 7.05 Å². The van der Waals surface area contributed by atoms with Crippen LogP contribution >= 0.6 is 0 Å². The Hall–Kier alpha value is -3.58. The van der Waals surface area contributed by atoms with Crippen molar-refractivity contribution in [1.82, 2.24) is 0 Å². The van der Waals surface area contributed by atoms with Crippen molar-refractivity contribution in [2.45, 2.75) is 0 Å². The van der Waals surface area contributed by atoms with Crippen molar-refractivity contribution in [2.24, 2.45) is 0 Å². The van der Waals surface area contributed by atoms with Crippen molar-refractivity contribution in [1.29, 1.82) is 0 Å². The third-order valence-electron chi connectivity index (χ3n) is 4.90. The summed E-state index contributed by atoms with van der Waals surface area (Å²) in [6.45, 7) is 0. The molecule has 0 unspecified atom stereocenters. The Morgan fingerprint density at radius 2 is 0.857 bits per heavy atom. The van der Waals surface area contributed by atoms with Gasteiger partial charge in [0.1, 0.15) is 0 Å². The zero-order valence-electron chi connectivity index (χ0n) is 16.0. The highest BCUT2D eigenvalue weighted by Crippen LogP contribution is 2.39. The molecule has 1 nitrogen and oxygen atoms in total. The van der Waals surface area contributed by atoms with Crippen LogP contribution in [0, 0.1) is 0 Å². The fourth-order valence-corrected chi connectivity index (χ4v) is 3.62. The monoisotopic (exact) mass is 361 g/mol. The number of hydrogen-bond acceptors (Lipinski definition) is 1. The highest BCUT2D eigenvalue weighted by Gasteiger charge is 2.17. The summed E-state index contributed by atoms with van der Waals surface area (Å²) in [4.78, 5) is 0. The van der Waals surface area contributed by atoms with Gasteiger partial charge in [-0.3, -0.25) is 0 Å². The van der Waals surface area contributed by atoms with E-state index < -0.39 is 0 Å². The molecule has 0 aromatic heterocycles. The first kappa shape index (κ1) is 17.8. The van der Waals surface area contributed by atoms with Crippen molar-refractivity contribution < 1.29 is 0 Å². The minimum absolute atomic E-state index is 1.12. The molecule has 0 aliphatic rings. The summed E-state index contributed by atoms with van der Waals surface area (Å²) in [6, 6.07) is 40.4. The van der Waals surface area contributed by atoms with Gasteiger partial charge in [0.2, 0.25) is 0 Å². The molecule has 0 atom stereocenters. The highest BCUT2D eigenvalue weighted by molar-refractivity contribution is 6.06.